The van der Waals surface area contributed by atoms with Crippen LogP contribution in [0.15, 0.2) is 42.5 Å². The van der Waals surface area contributed by atoms with Crippen molar-refractivity contribution in [3.05, 3.63) is 53.1 Å². The van der Waals surface area contributed by atoms with Crippen LogP contribution >= 0.6 is 11.6 Å². The molecule has 0 heterocycles. The molecule has 0 aliphatic heterocycles. The number of hydrogen-bond acceptors (Lipinski definition) is 3. The maximum atomic E-state index is 8.96. The van der Waals surface area contributed by atoms with E-state index < -0.39 is 0 Å². The fourth-order valence-electron chi connectivity index (χ4n) is 1.34. The third-order valence-electron chi connectivity index (χ3n) is 2.17. The molecule has 4 heteroatoms. The predicted octanol–water partition coefficient (Wildman–Crippen LogP) is 3.59. The van der Waals surface area contributed by atoms with Crippen molar-refractivity contribution in [1.29, 1.82) is 5.26 Å². The molecule has 0 spiro atoms. The number of nitrogens with two attached hydrogens (primary N) is 1. The monoisotopic (exact) mass is 244 g/mol. The van der Waals surface area contributed by atoms with Gasteiger partial charge < -0.3 is 10.5 Å². The number of hydrogen-bond donors (Lipinski definition) is 1. The summed E-state index contributed by atoms with van der Waals surface area (Å²) in [4.78, 5) is 0. The standard InChI is InChI=1S/C13H9ClN2O/c14-10-1-6-13(9(7-10)8-15)17-12-4-2-11(16)3-5-12/h1-7H,16H2. The Balaban J connectivity index is 2.30. The van der Waals surface area contributed by atoms with Gasteiger partial charge in [-0.25, -0.2) is 0 Å². The van der Waals surface area contributed by atoms with Gasteiger partial charge in [-0.1, -0.05) is 11.6 Å². The Morgan fingerprint density at radius 3 is 2.47 bits per heavy atom. The minimum absolute atomic E-state index is 0.398. The van der Waals surface area contributed by atoms with E-state index in [1.807, 2.05) is 6.07 Å². The highest BCUT2D eigenvalue weighted by Crippen LogP contribution is 2.27. The highest BCUT2D eigenvalue weighted by atomic mass is 35.5. The fraction of sp³-hybridized carbons (Fsp3) is 0. The van der Waals surface area contributed by atoms with Crippen molar-refractivity contribution in [3.8, 4) is 17.6 Å². The van der Waals surface area contributed by atoms with Crippen LogP contribution in [0.3, 0.4) is 0 Å². The quantitative estimate of drug-likeness (QED) is 0.822. The molecule has 0 unspecified atom stereocenters. The van der Waals surface area contributed by atoms with Crippen molar-refractivity contribution in [2.75, 3.05) is 5.73 Å². The van der Waals surface area contributed by atoms with Crippen molar-refractivity contribution in [1.82, 2.24) is 0 Å². The van der Waals surface area contributed by atoms with Gasteiger partial charge in [0.15, 0.2) is 0 Å². The minimum Gasteiger partial charge on any atom is -0.456 e. The number of halogens is 1. The predicted molar refractivity (Wildman–Crippen MR) is 67.1 cm³/mol. The highest BCUT2D eigenvalue weighted by molar-refractivity contribution is 6.30. The Morgan fingerprint density at radius 2 is 1.82 bits per heavy atom. The zero-order valence-electron chi connectivity index (χ0n) is 8.85. The van der Waals surface area contributed by atoms with Gasteiger partial charge in [-0.15, -0.1) is 0 Å². The van der Waals surface area contributed by atoms with E-state index in [0.717, 1.165) is 0 Å². The maximum absolute atomic E-state index is 8.96. The SMILES string of the molecule is N#Cc1cc(Cl)ccc1Oc1ccc(N)cc1. The van der Waals surface area contributed by atoms with E-state index in [1.165, 1.54) is 0 Å². The number of nitrogen functional groups attached to an aromatic ring is 1. The van der Waals surface area contributed by atoms with E-state index in [2.05, 4.69) is 0 Å². The largest absolute Gasteiger partial charge is 0.456 e. The second-order valence-electron chi connectivity index (χ2n) is 3.42. The van der Waals surface area contributed by atoms with Crippen LogP contribution in [-0.2, 0) is 0 Å². The Bertz CT molecular complexity index is 573. The smallest absolute Gasteiger partial charge is 0.145 e. The summed E-state index contributed by atoms with van der Waals surface area (Å²) in [6.45, 7) is 0. The average Bonchev–Trinajstić information content (AvgIpc) is 2.34. The van der Waals surface area contributed by atoms with Crippen LogP contribution in [0.5, 0.6) is 11.5 Å². The Hall–Kier alpha value is -2.18. The van der Waals surface area contributed by atoms with Crippen molar-refractivity contribution in [2.45, 2.75) is 0 Å². The Labute approximate surface area is 104 Å². The van der Waals surface area contributed by atoms with Crippen LogP contribution in [0.2, 0.25) is 5.02 Å². The van der Waals surface area contributed by atoms with E-state index in [4.69, 9.17) is 27.3 Å². The Kier molecular flexibility index (Phi) is 3.17. The van der Waals surface area contributed by atoms with Gasteiger partial charge in [-0.3, -0.25) is 0 Å². The Morgan fingerprint density at radius 1 is 1.12 bits per heavy atom. The molecule has 2 aromatic carbocycles. The second-order valence-corrected chi connectivity index (χ2v) is 3.86. The molecule has 0 aromatic heterocycles. The number of ether oxygens (including phenoxy) is 1. The molecule has 0 amide bonds. The second kappa shape index (κ2) is 4.77. The van der Waals surface area contributed by atoms with Gasteiger partial charge in [0.25, 0.3) is 0 Å². The molecule has 0 radical (unpaired) electrons. The van der Waals surface area contributed by atoms with Crippen LogP contribution in [0, 0.1) is 11.3 Å². The van der Waals surface area contributed by atoms with Crippen molar-refractivity contribution >= 4 is 17.3 Å². The molecule has 3 nitrogen and oxygen atoms in total. The normalized spacial score (nSPS) is 9.65. The summed E-state index contributed by atoms with van der Waals surface area (Å²) in [7, 11) is 0. The number of nitrogens with zero attached hydrogens (tertiary/aromatic N) is 1. The highest BCUT2D eigenvalue weighted by Gasteiger charge is 2.05. The summed E-state index contributed by atoms with van der Waals surface area (Å²) in [6.07, 6.45) is 0. The lowest BCUT2D eigenvalue weighted by atomic mass is 10.2. The van der Waals surface area contributed by atoms with Crippen molar-refractivity contribution in [2.24, 2.45) is 0 Å². The number of anilines is 1. The first kappa shape index (κ1) is 11.3. The molecule has 2 aromatic rings. The molecule has 0 saturated heterocycles. The van der Waals surface area contributed by atoms with Crippen molar-refractivity contribution in [3.63, 3.8) is 0 Å². The lowest BCUT2D eigenvalue weighted by Gasteiger charge is -2.07. The van der Waals surface area contributed by atoms with Gasteiger partial charge in [-0.2, -0.15) is 5.26 Å². The van der Waals surface area contributed by atoms with Gasteiger partial charge in [-0.05, 0) is 42.5 Å². The van der Waals surface area contributed by atoms with E-state index in [1.54, 1.807) is 42.5 Å². The maximum Gasteiger partial charge on any atom is 0.145 e. The molecule has 2 rings (SSSR count). The molecule has 0 aliphatic carbocycles. The van der Waals surface area contributed by atoms with Crippen LogP contribution in [0.1, 0.15) is 5.56 Å². The minimum atomic E-state index is 0.398. The average molecular weight is 245 g/mol. The molecular weight excluding hydrogens is 236 g/mol. The van der Waals surface area contributed by atoms with Gasteiger partial charge >= 0.3 is 0 Å². The molecule has 84 valence electrons. The lowest BCUT2D eigenvalue weighted by Crippen LogP contribution is -1.89. The number of benzene rings is 2. The van der Waals surface area contributed by atoms with E-state index >= 15 is 0 Å². The third kappa shape index (κ3) is 2.68. The van der Waals surface area contributed by atoms with Crippen molar-refractivity contribution < 1.29 is 4.74 Å². The number of nitriles is 1. The molecule has 0 atom stereocenters. The molecule has 2 N–H and O–H groups in total. The van der Waals surface area contributed by atoms with Crippen LogP contribution < -0.4 is 10.5 Å². The van der Waals surface area contributed by atoms with Gasteiger partial charge in [0, 0.05) is 10.7 Å². The first-order valence-electron chi connectivity index (χ1n) is 4.92. The summed E-state index contributed by atoms with van der Waals surface area (Å²) >= 11 is 5.80. The van der Waals surface area contributed by atoms with Gasteiger partial charge in [0.1, 0.15) is 17.6 Å². The molecule has 0 bridgehead atoms. The first-order valence-corrected chi connectivity index (χ1v) is 5.30. The van der Waals surface area contributed by atoms with Crippen LogP contribution in [0.25, 0.3) is 0 Å². The lowest BCUT2D eigenvalue weighted by molar-refractivity contribution is 0.481. The van der Waals surface area contributed by atoms with E-state index in [-0.39, 0.29) is 0 Å². The fourth-order valence-corrected chi connectivity index (χ4v) is 1.51. The molecule has 0 aliphatic rings. The van der Waals surface area contributed by atoms with E-state index in [0.29, 0.717) is 27.8 Å². The van der Waals surface area contributed by atoms with E-state index in [9.17, 15) is 0 Å². The zero-order chi connectivity index (χ0) is 12.3. The molecular formula is C13H9ClN2O. The summed E-state index contributed by atoms with van der Waals surface area (Å²) in [6, 6.07) is 13.9. The van der Waals surface area contributed by atoms with Crippen LogP contribution in [0.4, 0.5) is 5.69 Å². The molecule has 17 heavy (non-hydrogen) atoms. The first-order chi connectivity index (χ1) is 8.19. The summed E-state index contributed by atoms with van der Waals surface area (Å²) in [5.41, 5.74) is 6.63. The van der Waals surface area contributed by atoms with Gasteiger partial charge in [0.05, 0.1) is 5.56 Å². The zero-order valence-corrected chi connectivity index (χ0v) is 9.61. The topological polar surface area (TPSA) is 59.0 Å². The number of rotatable bonds is 2. The summed E-state index contributed by atoms with van der Waals surface area (Å²) < 4.78 is 5.57. The van der Waals surface area contributed by atoms with Crippen LogP contribution in [-0.4, -0.2) is 0 Å². The third-order valence-corrected chi connectivity index (χ3v) is 2.41. The summed E-state index contributed by atoms with van der Waals surface area (Å²) in [5.74, 6) is 1.10. The molecule has 0 fully saturated rings. The summed E-state index contributed by atoms with van der Waals surface area (Å²) in [5, 5.41) is 9.46. The van der Waals surface area contributed by atoms with Gasteiger partial charge in [0.2, 0.25) is 0 Å². The molecule has 0 saturated carbocycles.